The van der Waals surface area contributed by atoms with Crippen LogP contribution in [0.5, 0.6) is 0 Å². The highest BCUT2D eigenvalue weighted by atomic mass is 14.8. The van der Waals surface area contributed by atoms with Gasteiger partial charge in [-0.2, -0.15) is 0 Å². The van der Waals surface area contributed by atoms with Crippen LogP contribution in [0.25, 0.3) is 11.4 Å². The summed E-state index contributed by atoms with van der Waals surface area (Å²) in [6.45, 7) is 13.2. The molecule has 0 atom stereocenters. The van der Waals surface area contributed by atoms with Crippen molar-refractivity contribution in [3.8, 4) is 11.4 Å². The van der Waals surface area contributed by atoms with Gasteiger partial charge in [0.15, 0.2) is 0 Å². The topological polar surface area (TPSA) is 25.8 Å². The number of aromatic nitrogens is 2. The van der Waals surface area contributed by atoms with Crippen LogP contribution in [0.3, 0.4) is 0 Å². The number of nitrogens with zero attached hydrogens (tertiary/aromatic N) is 2. The molecule has 0 aliphatic heterocycles. The third kappa shape index (κ3) is 3.24. The van der Waals surface area contributed by atoms with Crippen LogP contribution in [-0.4, -0.2) is 9.97 Å². The lowest BCUT2D eigenvalue weighted by Crippen LogP contribution is -2.12. The zero-order valence-electron chi connectivity index (χ0n) is 13.4. The second-order valence-electron chi connectivity index (χ2n) is 7.36. The summed E-state index contributed by atoms with van der Waals surface area (Å²) in [5.41, 5.74) is 4.61. The highest BCUT2D eigenvalue weighted by Crippen LogP contribution is 2.25. The van der Waals surface area contributed by atoms with Gasteiger partial charge in [0.2, 0.25) is 0 Å². The first kappa shape index (κ1) is 14.7. The summed E-state index contributed by atoms with van der Waals surface area (Å²) in [5.74, 6) is 0. The largest absolute Gasteiger partial charge is 0.254 e. The standard InChI is InChI=1S/C18H24N2/c1-17(2,3)13-7-9-15(19-11-13)16-10-8-14(12-20-16)18(4,5)6/h7-12H,1-6H3. The Labute approximate surface area is 122 Å². The Bertz CT molecular complexity index is 511. The van der Waals surface area contributed by atoms with E-state index in [1.54, 1.807) is 0 Å². The molecule has 2 aromatic heterocycles. The number of pyridine rings is 2. The Morgan fingerprint density at radius 3 is 1.15 bits per heavy atom. The molecule has 2 heteroatoms. The number of rotatable bonds is 1. The Morgan fingerprint density at radius 2 is 0.950 bits per heavy atom. The molecule has 0 aromatic carbocycles. The first-order valence-corrected chi connectivity index (χ1v) is 7.11. The molecule has 2 nitrogen and oxygen atoms in total. The van der Waals surface area contributed by atoms with E-state index in [9.17, 15) is 0 Å². The summed E-state index contributed by atoms with van der Waals surface area (Å²) in [6, 6.07) is 8.39. The Morgan fingerprint density at radius 1 is 0.600 bits per heavy atom. The van der Waals surface area contributed by atoms with Gasteiger partial charge in [0.25, 0.3) is 0 Å². The molecule has 2 aromatic rings. The minimum atomic E-state index is 0.134. The van der Waals surface area contributed by atoms with Crippen LogP contribution >= 0.6 is 0 Å². The molecular formula is C18H24N2. The molecule has 2 rings (SSSR count). The van der Waals surface area contributed by atoms with Crippen molar-refractivity contribution in [2.75, 3.05) is 0 Å². The molecule has 0 saturated heterocycles. The van der Waals surface area contributed by atoms with Crippen LogP contribution in [0.2, 0.25) is 0 Å². The van der Waals surface area contributed by atoms with Crippen LogP contribution in [0.15, 0.2) is 36.7 Å². The SMILES string of the molecule is CC(C)(C)c1ccc(-c2ccc(C(C)(C)C)cn2)nc1. The highest BCUT2D eigenvalue weighted by molar-refractivity contribution is 5.54. The van der Waals surface area contributed by atoms with Gasteiger partial charge < -0.3 is 0 Å². The fourth-order valence-corrected chi connectivity index (χ4v) is 1.98. The maximum atomic E-state index is 4.54. The quantitative estimate of drug-likeness (QED) is 0.746. The first-order valence-electron chi connectivity index (χ1n) is 7.11. The third-order valence-electron chi connectivity index (χ3n) is 3.52. The van der Waals surface area contributed by atoms with E-state index in [1.807, 2.05) is 12.4 Å². The van der Waals surface area contributed by atoms with E-state index in [0.29, 0.717) is 0 Å². The summed E-state index contributed by atoms with van der Waals surface area (Å²) in [7, 11) is 0. The molecule has 0 N–H and O–H groups in total. The Balaban J connectivity index is 2.29. The molecule has 0 spiro atoms. The lowest BCUT2D eigenvalue weighted by Gasteiger charge is -2.19. The van der Waals surface area contributed by atoms with Crippen LogP contribution in [0.4, 0.5) is 0 Å². The average molecular weight is 268 g/mol. The van der Waals surface area contributed by atoms with Gasteiger partial charge in [-0.3, -0.25) is 9.97 Å². The van der Waals surface area contributed by atoms with E-state index in [1.165, 1.54) is 11.1 Å². The second kappa shape index (κ2) is 5.01. The summed E-state index contributed by atoms with van der Waals surface area (Å²) in [4.78, 5) is 9.09. The lowest BCUT2D eigenvalue weighted by atomic mass is 9.88. The molecule has 106 valence electrons. The van der Waals surface area contributed by atoms with Crippen molar-refractivity contribution >= 4 is 0 Å². The van der Waals surface area contributed by atoms with Gasteiger partial charge in [-0.25, -0.2) is 0 Å². The van der Waals surface area contributed by atoms with E-state index >= 15 is 0 Å². The molecule has 0 bridgehead atoms. The minimum Gasteiger partial charge on any atom is -0.254 e. The summed E-state index contributed by atoms with van der Waals surface area (Å²) >= 11 is 0. The predicted molar refractivity (Wildman–Crippen MR) is 84.9 cm³/mol. The van der Waals surface area contributed by atoms with Crippen molar-refractivity contribution in [2.45, 2.75) is 52.4 Å². The zero-order chi connectivity index (χ0) is 15.0. The van der Waals surface area contributed by atoms with Crippen molar-refractivity contribution in [2.24, 2.45) is 0 Å². The third-order valence-corrected chi connectivity index (χ3v) is 3.52. The summed E-state index contributed by atoms with van der Waals surface area (Å²) in [5, 5.41) is 0. The van der Waals surface area contributed by atoms with E-state index in [0.717, 1.165) is 11.4 Å². The molecule has 0 aliphatic carbocycles. The monoisotopic (exact) mass is 268 g/mol. The van der Waals surface area contributed by atoms with E-state index < -0.39 is 0 Å². The molecule has 0 saturated carbocycles. The molecule has 2 heterocycles. The highest BCUT2D eigenvalue weighted by Gasteiger charge is 2.15. The maximum absolute atomic E-state index is 4.54. The lowest BCUT2D eigenvalue weighted by molar-refractivity contribution is 0.586. The van der Waals surface area contributed by atoms with Gasteiger partial charge in [0.1, 0.15) is 0 Å². The maximum Gasteiger partial charge on any atom is 0.0886 e. The van der Waals surface area contributed by atoms with E-state index in [-0.39, 0.29) is 10.8 Å². The molecule has 0 amide bonds. The second-order valence-corrected chi connectivity index (χ2v) is 7.36. The van der Waals surface area contributed by atoms with E-state index in [2.05, 4.69) is 75.8 Å². The smallest absolute Gasteiger partial charge is 0.0886 e. The van der Waals surface area contributed by atoms with Crippen LogP contribution in [0, 0.1) is 0 Å². The van der Waals surface area contributed by atoms with Crippen molar-refractivity contribution in [3.05, 3.63) is 47.8 Å². The van der Waals surface area contributed by atoms with Gasteiger partial charge in [-0.05, 0) is 34.1 Å². The Kier molecular flexibility index (Phi) is 3.68. The van der Waals surface area contributed by atoms with Crippen LogP contribution in [-0.2, 0) is 10.8 Å². The average Bonchev–Trinajstić information content (AvgIpc) is 2.37. The van der Waals surface area contributed by atoms with Crippen molar-refractivity contribution in [1.82, 2.24) is 9.97 Å². The van der Waals surface area contributed by atoms with Gasteiger partial charge in [-0.15, -0.1) is 0 Å². The number of hydrogen-bond acceptors (Lipinski definition) is 2. The fourth-order valence-electron chi connectivity index (χ4n) is 1.98. The van der Waals surface area contributed by atoms with Crippen molar-refractivity contribution < 1.29 is 0 Å². The minimum absolute atomic E-state index is 0.134. The molecule has 0 radical (unpaired) electrons. The summed E-state index contributed by atoms with van der Waals surface area (Å²) in [6.07, 6.45) is 3.91. The van der Waals surface area contributed by atoms with Crippen LogP contribution in [0.1, 0.15) is 52.7 Å². The molecule has 0 fully saturated rings. The fraction of sp³-hybridized carbons (Fsp3) is 0.444. The van der Waals surface area contributed by atoms with Gasteiger partial charge in [0, 0.05) is 12.4 Å². The predicted octanol–water partition coefficient (Wildman–Crippen LogP) is 4.74. The molecule has 0 aliphatic rings. The summed E-state index contributed by atoms with van der Waals surface area (Å²) < 4.78 is 0. The first-order chi connectivity index (χ1) is 9.18. The zero-order valence-corrected chi connectivity index (χ0v) is 13.4. The molecule has 0 unspecified atom stereocenters. The van der Waals surface area contributed by atoms with Crippen molar-refractivity contribution in [3.63, 3.8) is 0 Å². The normalized spacial score (nSPS) is 12.5. The molecular weight excluding hydrogens is 244 g/mol. The van der Waals surface area contributed by atoms with Gasteiger partial charge in [-0.1, -0.05) is 53.7 Å². The van der Waals surface area contributed by atoms with Crippen molar-refractivity contribution in [1.29, 1.82) is 0 Å². The van der Waals surface area contributed by atoms with Gasteiger partial charge >= 0.3 is 0 Å². The van der Waals surface area contributed by atoms with Gasteiger partial charge in [0.05, 0.1) is 11.4 Å². The molecule has 20 heavy (non-hydrogen) atoms. The van der Waals surface area contributed by atoms with Crippen LogP contribution < -0.4 is 0 Å². The Hall–Kier alpha value is -1.70. The number of hydrogen-bond donors (Lipinski definition) is 0. The van der Waals surface area contributed by atoms with E-state index in [4.69, 9.17) is 0 Å².